The number of hydrogen-bond donors (Lipinski definition) is 0. The van der Waals surface area contributed by atoms with Crippen LogP contribution in [0.3, 0.4) is 0 Å². The van der Waals surface area contributed by atoms with E-state index in [2.05, 4.69) is 4.98 Å². The number of pyridine rings is 1. The van der Waals surface area contributed by atoms with Gasteiger partial charge in [0.05, 0.1) is 0 Å². The third-order valence-corrected chi connectivity index (χ3v) is 3.20. The highest BCUT2D eigenvalue weighted by Gasteiger charge is 2.32. The van der Waals surface area contributed by atoms with E-state index in [0.717, 1.165) is 12.3 Å². The maximum absolute atomic E-state index is 13.4. The minimum Gasteiger partial charge on any atom is -0.251 e. The molecule has 0 aliphatic heterocycles. The van der Waals surface area contributed by atoms with Crippen LogP contribution in [-0.2, 0) is 6.18 Å². The van der Waals surface area contributed by atoms with Gasteiger partial charge in [-0.1, -0.05) is 6.07 Å². The van der Waals surface area contributed by atoms with Crippen LogP contribution in [0.4, 0.5) is 17.6 Å². The van der Waals surface area contributed by atoms with E-state index in [-0.39, 0.29) is 0 Å². The van der Waals surface area contributed by atoms with Crippen LogP contribution >= 0.6 is 11.8 Å². The topological polar surface area (TPSA) is 12.9 Å². The van der Waals surface area contributed by atoms with E-state index in [1.807, 2.05) is 0 Å². The van der Waals surface area contributed by atoms with E-state index in [0.29, 0.717) is 16.0 Å². The largest absolute Gasteiger partial charge is 0.433 e. The molecule has 0 amide bonds. The van der Waals surface area contributed by atoms with Crippen LogP contribution in [0.2, 0.25) is 0 Å². The number of nitrogens with zero attached hydrogens (tertiary/aromatic N) is 1. The predicted molar refractivity (Wildman–Crippen MR) is 66.4 cm³/mol. The van der Waals surface area contributed by atoms with Gasteiger partial charge in [-0.25, -0.2) is 4.39 Å². The molecule has 0 spiro atoms. The first kappa shape index (κ1) is 13.9. The summed E-state index contributed by atoms with van der Waals surface area (Å²) in [5.41, 5.74) is -0.00822. The first-order valence-electron chi connectivity index (χ1n) is 5.28. The fourth-order valence-corrected chi connectivity index (χ4v) is 2.05. The van der Waals surface area contributed by atoms with Gasteiger partial charge < -0.3 is 0 Å². The summed E-state index contributed by atoms with van der Waals surface area (Å²) in [6, 6.07) is 6.52. The van der Waals surface area contributed by atoms with Crippen molar-refractivity contribution in [2.45, 2.75) is 11.1 Å². The van der Waals surface area contributed by atoms with E-state index < -0.39 is 17.7 Å². The molecule has 0 aliphatic rings. The molecule has 0 aliphatic carbocycles. The highest BCUT2D eigenvalue weighted by molar-refractivity contribution is 7.98. The molecule has 0 radical (unpaired) electrons. The van der Waals surface area contributed by atoms with Gasteiger partial charge in [-0.3, -0.25) is 4.98 Å². The summed E-state index contributed by atoms with van der Waals surface area (Å²) in [6.45, 7) is 0. The van der Waals surface area contributed by atoms with Crippen LogP contribution in [-0.4, -0.2) is 11.2 Å². The van der Waals surface area contributed by atoms with Gasteiger partial charge in [0.2, 0.25) is 0 Å². The lowest BCUT2D eigenvalue weighted by molar-refractivity contribution is -0.141. The molecule has 0 N–H and O–H groups in total. The fourth-order valence-electron chi connectivity index (χ4n) is 1.58. The molecule has 1 aromatic heterocycles. The zero-order valence-electron chi connectivity index (χ0n) is 9.83. The lowest BCUT2D eigenvalue weighted by atomic mass is 10.1. The van der Waals surface area contributed by atoms with Crippen LogP contribution in [0.1, 0.15) is 5.69 Å². The average Bonchev–Trinajstić information content (AvgIpc) is 2.37. The third-order valence-electron chi connectivity index (χ3n) is 2.49. The monoisotopic (exact) mass is 287 g/mol. The van der Waals surface area contributed by atoms with Crippen molar-refractivity contribution >= 4 is 11.8 Å². The third kappa shape index (κ3) is 3.26. The Morgan fingerprint density at radius 3 is 2.32 bits per heavy atom. The molecule has 0 bridgehead atoms. The van der Waals surface area contributed by atoms with Crippen molar-refractivity contribution in [1.29, 1.82) is 0 Å². The molecule has 0 saturated heterocycles. The van der Waals surface area contributed by atoms with E-state index >= 15 is 0 Å². The molecule has 19 heavy (non-hydrogen) atoms. The van der Waals surface area contributed by atoms with Gasteiger partial charge in [0.15, 0.2) is 0 Å². The van der Waals surface area contributed by atoms with Crippen LogP contribution in [0.25, 0.3) is 11.1 Å². The molecule has 2 rings (SSSR count). The number of rotatable bonds is 2. The van der Waals surface area contributed by atoms with Gasteiger partial charge in [-0.15, -0.1) is 11.8 Å². The van der Waals surface area contributed by atoms with Crippen molar-refractivity contribution in [3.05, 3.63) is 48.0 Å². The Morgan fingerprint density at radius 1 is 1.05 bits per heavy atom. The number of thioether (sulfide) groups is 1. The second kappa shape index (κ2) is 5.21. The Hall–Kier alpha value is -1.56. The fraction of sp³-hybridized carbons (Fsp3) is 0.154. The maximum Gasteiger partial charge on any atom is 0.433 e. The molecule has 100 valence electrons. The van der Waals surface area contributed by atoms with E-state index in [1.54, 1.807) is 12.3 Å². The average molecular weight is 287 g/mol. The summed E-state index contributed by atoms with van der Waals surface area (Å²) in [5.74, 6) is -0.429. The van der Waals surface area contributed by atoms with Gasteiger partial charge in [0, 0.05) is 16.7 Å². The van der Waals surface area contributed by atoms with E-state index in [1.165, 1.54) is 30.0 Å². The Labute approximate surface area is 111 Å². The highest BCUT2D eigenvalue weighted by Crippen LogP contribution is 2.30. The second-order valence-electron chi connectivity index (χ2n) is 3.81. The number of aromatic nitrogens is 1. The summed E-state index contributed by atoms with van der Waals surface area (Å²) in [6.07, 6.45) is -1.57. The van der Waals surface area contributed by atoms with Crippen LogP contribution in [0, 0.1) is 5.82 Å². The molecule has 2 aromatic rings. The zero-order valence-corrected chi connectivity index (χ0v) is 10.6. The van der Waals surface area contributed by atoms with E-state index in [4.69, 9.17) is 0 Å². The van der Waals surface area contributed by atoms with Crippen molar-refractivity contribution in [1.82, 2.24) is 4.98 Å². The Balaban J connectivity index is 2.40. The number of halogens is 4. The Morgan fingerprint density at radius 2 is 1.79 bits per heavy atom. The first-order chi connectivity index (χ1) is 8.90. The smallest absolute Gasteiger partial charge is 0.251 e. The predicted octanol–water partition coefficient (Wildman–Crippen LogP) is 4.63. The standard InChI is InChI=1S/C13H9F4NS/c1-19-11-5-9(4-10(14)6-11)8-2-3-12(18-7-8)13(15,16)17/h2-7H,1H3. The molecule has 0 atom stereocenters. The zero-order chi connectivity index (χ0) is 14.0. The number of benzene rings is 1. The minimum absolute atomic E-state index is 0.429. The molecule has 1 aromatic carbocycles. The second-order valence-corrected chi connectivity index (χ2v) is 4.69. The molecule has 6 heteroatoms. The molecule has 0 fully saturated rings. The summed E-state index contributed by atoms with van der Waals surface area (Å²) in [4.78, 5) is 4.06. The molecular weight excluding hydrogens is 278 g/mol. The quantitative estimate of drug-likeness (QED) is 0.590. The summed E-state index contributed by atoms with van der Waals surface area (Å²) < 4.78 is 50.5. The molecule has 1 nitrogen and oxygen atoms in total. The summed E-state index contributed by atoms with van der Waals surface area (Å²) in [7, 11) is 0. The van der Waals surface area contributed by atoms with Gasteiger partial charge in [0.25, 0.3) is 0 Å². The first-order valence-corrected chi connectivity index (χ1v) is 6.51. The Kier molecular flexibility index (Phi) is 3.80. The summed E-state index contributed by atoms with van der Waals surface area (Å²) >= 11 is 1.36. The highest BCUT2D eigenvalue weighted by atomic mass is 32.2. The minimum atomic E-state index is -4.47. The normalized spacial score (nSPS) is 11.6. The van der Waals surface area contributed by atoms with Gasteiger partial charge in [-0.05, 0) is 36.1 Å². The molecule has 0 unspecified atom stereocenters. The van der Waals surface area contributed by atoms with Crippen molar-refractivity contribution in [2.24, 2.45) is 0 Å². The molecule has 0 saturated carbocycles. The van der Waals surface area contributed by atoms with Crippen molar-refractivity contribution in [3.63, 3.8) is 0 Å². The SMILES string of the molecule is CSc1cc(F)cc(-c2ccc(C(F)(F)F)nc2)c1. The van der Waals surface area contributed by atoms with Crippen LogP contribution < -0.4 is 0 Å². The molecule has 1 heterocycles. The Bertz CT molecular complexity index is 578. The lowest BCUT2D eigenvalue weighted by Crippen LogP contribution is -2.07. The number of hydrogen-bond acceptors (Lipinski definition) is 2. The molecular formula is C13H9F4NS. The van der Waals surface area contributed by atoms with Gasteiger partial charge >= 0.3 is 6.18 Å². The van der Waals surface area contributed by atoms with Crippen LogP contribution in [0.5, 0.6) is 0 Å². The van der Waals surface area contributed by atoms with Crippen LogP contribution in [0.15, 0.2) is 41.4 Å². The maximum atomic E-state index is 13.4. The number of alkyl halides is 3. The van der Waals surface area contributed by atoms with Crippen molar-refractivity contribution < 1.29 is 17.6 Å². The van der Waals surface area contributed by atoms with E-state index in [9.17, 15) is 17.6 Å². The summed E-state index contributed by atoms with van der Waals surface area (Å²) in [5, 5.41) is 0. The van der Waals surface area contributed by atoms with Crippen molar-refractivity contribution in [2.75, 3.05) is 6.26 Å². The van der Waals surface area contributed by atoms with Gasteiger partial charge in [0.1, 0.15) is 11.5 Å². The van der Waals surface area contributed by atoms with Crippen molar-refractivity contribution in [3.8, 4) is 11.1 Å². The van der Waals surface area contributed by atoms with Gasteiger partial charge in [-0.2, -0.15) is 13.2 Å². The lowest BCUT2D eigenvalue weighted by Gasteiger charge is -2.08.